The molecule has 0 saturated carbocycles. The van der Waals surface area contributed by atoms with Gasteiger partial charge >= 0.3 is 0 Å². The third kappa shape index (κ3) is 4.52. The molecule has 0 unspecified atom stereocenters. The minimum Gasteiger partial charge on any atom is -0.442 e. The lowest BCUT2D eigenvalue weighted by atomic mass is 10.1. The zero-order chi connectivity index (χ0) is 23.7. The maximum absolute atomic E-state index is 13.5. The van der Waals surface area contributed by atoms with Crippen molar-refractivity contribution >= 4 is 5.57 Å². The zero-order valence-corrected chi connectivity index (χ0v) is 18.7. The van der Waals surface area contributed by atoms with Crippen molar-refractivity contribution < 1.29 is 13.2 Å². The Kier molecular flexibility index (Phi) is 5.79. The van der Waals surface area contributed by atoms with Crippen LogP contribution >= 0.6 is 0 Å². The number of aryl methyl sites for hydroxylation is 1. The highest BCUT2D eigenvalue weighted by atomic mass is 19.1. The summed E-state index contributed by atoms with van der Waals surface area (Å²) in [5, 5.41) is 4.67. The summed E-state index contributed by atoms with van der Waals surface area (Å²) in [6.45, 7) is 8.02. The molecule has 0 N–H and O–H groups in total. The molecule has 2 aromatic carbocycles. The molecule has 34 heavy (non-hydrogen) atoms. The smallest absolute Gasteiger partial charge is 0.221 e. The Morgan fingerprint density at radius 2 is 1.71 bits per heavy atom. The number of benzene rings is 2. The fourth-order valence-corrected chi connectivity index (χ4v) is 3.91. The molecule has 0 atom stereocenters. The molecule has 4 aromatic rings. The number of halogens is 2. The van der Waals surface area contributed by atoms with E-state index in [0.717, 1.165) is 35.6 Å². The first-order chi connectivity index (χ1) is 16.5. The van der Waals surface area contributed by atoms with Crippen molar-refractivity contribution in [2.45, 2.75) is 19.9 Å². The molecule has 0 fully saturated rings. The van der Waals surface area contributed by atoms with Crippen LogP contribution in [0.25, 0.3) is 28.3 Å². The molecule has 1 aliphatic rings. The number of hydrogen-bond acceptors (Lipinski definition) is 5. The standard InChI is InChI=1S/C26H23F2N5O/c1-17(32-13-11-21(12-14-32)26-29-15-18(2)34-26)16-33-25(20-5-9-23(28)10-6-20)30-24(31-33)19-3-7-22(27)8-4-19/h3-11,15H,1,12-14,16H2,2H3. The van der Waals surface area contributed by atoms with Gasteiger partial charge in [0.2, 0.25) is 5.89 Å². The molecule has 0 radical (unpaired) electrons. The molecular formula is C26H23F2N5O. The van der Waals surface area contributed by atoms with Crippen LogP contribution in [-0.4, -0.2) is 37.7 Å². The normalized spacial score (nSPS) is 13.7. The van der Waals surface area contributed by atoms with Crippen LogP contribution in [0.15, 0.2) is 77.5 Å². The van der Waals surface area contributed by atoms with E-state index in [-0.39, 0.29) is 11.6 Å². The van der Waals surface area contributed by atoms with E-state index in [0.29, 0.717) is 36.2 Å². The highest BCUT2D eigenvalue weighted by molar-refractivity contribution is 5.62. The summed E-state index contributed by atoms with van der Waals surface area (Å²) in [5.41, 5.74) is 3.39. The van der Waals surface area contributed by atoms with Crippen molar-refractivity contribution in [2.24, 2.45) is 0 Å². The van der Waals surface area contributed by atoms with Crippen molar-refractivity contribution in [1.82, 2.24) is 24.6 Å². The number of nitrogens with zero attached hydrogens (tertiary/aromatic N) is 5. The van der Waals surface area contributed by atoms with Gasteiger partial charge in [-0.3, -0.25) is 0 Å². The van der Waals surface area contributed by atoms with Gasteiger partial charge in [-0.1, -0.05) is 12.7 Å². The number of allylic oxidation sites excluding steroid dienone is 1. The summed E-state index contributed by atoms with van der Waals surface area (Å²) in [6.07, 6.45) is 4.62. The molecule has 1 aliphatic heterocycles. The maximum Gasteiger partial charge on any atom is 0.221 e. The van der Waals surface area contributed by atoms with Gasteiger partial charge in [-0.15, -0.1) is 0 Å². The van der Waals surface area contributed by atoms with E-state index < -0.39 is 0 Å². The van der Waals surface area contributed by atoms with Crippen molar-refractivity contribution in [3.63, 3.8) is 0 Å². The number of aromatic nitrogens is 4. The first-order valence-corrected chi connectivity index (χ1v) is 11.0. The van der Waals surface area contributed by atoms with Gasteiger partial charge in [0.05, 0.1) is 12.7 Å². The fourth-order valence-electron chi connectivity index (χ4n) is 3.91. The molecule has 8 heteroatoms. The SMILES string of the molecule is C=C(Cn1nc(-c2ccc(F)cc2)nc1-c1ccc(F)cc1)N1CC=C(c2ncc(C)o2)CC1. The van der Waals surface area contributed by atoms with Crippen LogP contribution in [0.2, 0.25) is 0 Å². The largest absolute Gasteiger partial charge is 0.442 e. The Hall–Kier alpha value is -4.07. The quantitative estimate of drug-likeness (QED) is 0.382. The van der Waals surface area contributed by atoms with Crippen molar-refractivity contribution in [3.05, 3.63) is 96.4 Å². The zero-order valence-electron chi connectivity index (χ0n) is 18.7. The minimum atomic E-state index is -0.326. The van der Waals surface area contributed by atoms with Gasteiger partial charge in [-0.25, -0.2) is 23.4 Å². The average molecular weight is 460 g/mol. The Morgan fingerprint density at radius 1 is 1.03 bits per heavy atom. The van der Waals surface area contributed by atoms with Crippen molar-refractivity contribution in [2.75, 3.05) is 13.1 Å². The van der Waals surface area contributed by atoms with E-state index in [9.17, 15) is 8.78 Å². The molecule has 0 amide bonds. The Balaban J connectivity index is 1.39. The molecule has 6 nitrogen and oxygen atoms in total. The van der Waals surface area contributed by atoms with Gasteiger partial charge in [-0.2, -0.15) is 5.10 Å². The molecule has 0 spiro atoms. The minimum absolute atomic E-state index is 0.324. The van der Waals surface area contributed by atoms with E-state index in [2.05, 4.69) is 32.6 Å². The van der Waals surface area contributed by atoms with E-state index in [1.54, 1.807) is 35.1 Å². The van der Waals surface area contributed by atoms with E-state index >= 15 is 0 Å². The number of hydrogen-bond donors (Lipinski definition) is 0. The monoisotopic (exact) mass is 459 g/mol. The molecule has 3 heterocycles. The van der Waals surface area contributed by atoms with Crippen LogP contribution in [0.5, 0.6) is 0 Å². The van der Waals surface area contributed by atoms with Crippen LogP contribution in [0.3, 0.4) is 0 Å². The second-order valence-corrected chi connectivity index (χ2v) is 8.20. The van der Waals surface area contributed by atoms with Crippen LogP contribution in [-0.2, 0) is 6.54 Å². The van der Waals surface area contributed by atoms with Gasteiger partial charge in [0.1, 0.15) is 17.4 Å². The van der Waals surface area contributed by atoms with Gasteiger partial charge in [0, 0.05) is 35.5 Å². The summed E-state index contributed by atoms with van der Waals surface area (Å²) >= 11 is 0. The number of rotatable bonds is 6. The van der Waals surface area contributed by atoms with E-state index in [4.69, 9.17) is 4.42 Å². The lowest BCUT2D eigenvalue weighted by Crippen LogP contribution is -2.29. The lowest BCUT2D eigenvalue weighted by molar-refractivity contribution is 0.352. The van der Waals surface area contributed by atoms with E-state index in [1.165, 1.54) is 24.3 Å². The van der Waals surface area contributed by atoms with Crippen molar-refractivity contribution in [3.8, 4) is 22.8 Å². The highest BCUT2D eigenvalue weighted by Gasteiger charge is 2.20. The van der Waals surface area contributed by atoms with Gasteiger partial charge in [-0.05, 0) is 61.9 Å². The third-order valence-electron chi connectivity index (χ3n) is 5.76. The highest BCUT2D eigenvalue weighted by Crippen LogP contribution is 2.26. The molecule has 172 valence electrons. The Bertz CT molecular complexity index is 1350. The fraction of sp³-hybridized carbons (Fsp3) is 0.192. The van der Waals surface area contributed by atoms with E-state index in [1.807, 2.05) is 6.92 Å². The average Bonchev–Trinajstić information content (AvgIpc) is 3.47. The second-order valence-electron chi connectivity index (χ2n) is 8.20. The summed E-state index contributed by atoms with van der Waals surface area (Å²) in [5.74, 6) is 1.86. The molecular weight excluding hydrogens is 436 g/mol. The van der Waals surface area contributed by atoms with Crippen LogP contribution in [0.1, 0.15) is 18.1 Å². The van der Waals surface area contributed by atoms with Gasteiger partial charge < -0.3 is 9.32 Å². The van der Waals surface area contributed by atoms with Crippen LogP contribution in [0.4, 0.5) is 8.78 Å². The van der Waals surface area contributed by atoms with Crippen LogP contribution < -0.4 is 0 Å². The predicted octanol–water partition coefficient (Wildman–Crippen LogP) is 5.49. The van der Waals surface area contributed by atoms with Gasteiger partial charge in [0.25, 0.3) is 0 Å². The Labute approximate surface area is 195 Å². The summed E-state index contributed by atoms with van der Waals surface area (Å²) in [7, 11) is 0. The topological polar surface area (TPSA) is 60.0 Å². The Morgan fingerprint density at radius 3 is 2.29 bits per heavy atom. The molecule has 0 aliphatic carbocycles. The first-order valence-electron chi connectivity index (χ1n) is 11.0. The molecule has 5 rings (SSSR count). The van der Waals surface area contributed by atoms with Gasteiger partial charge in [0.15, 0.2) is 11.6 Å². The number of oxazole rings is 1. The lowest BCUT2D eigenvalue weighted by Gasteiger charge is -2.29. The summed E-state index contributed by atoms with van der Waals surface area (Å²) in [4.78, 5) is 11.2. The first kappa shape index (κ1) is 21.8. The summed E-state index contributed by atoms with van der Waals surface area (Å²) < 4.78 is 34.3. The third-order valence-corrected chi connectivity index (χ3v) is 5.76. The predicted molar refractivity (Wildman–Crippen MR) is 125 cm³/mol. The summed E-state index contributed by atoms with van der Waals surface area (Å²) in [6, 6.07) is 12.1. The van der Waals surface area contributed by atoms with Crippen molar-refractivity contribution in [1.29, 1.82) is 0 Å². The molecule has 0 saturated heterocycles. The second kappa shape index (κ2) is 9.05. The molecule has 2 aromatic heterocycles. The maximum atomic E-state index is 13.5. The van der Waals surface area contributed by atoms with Crippen LogP contribution in [0, 0.1) is 18.6 Å². The molecule has 0 bridgehead atoms.